The zero-order chi connectivity index (χ0) is 15.2. The summed E-state index contributed by atoms with van der Waals surface area (Å²) in [5.74, 6) is -0.950. The Morgan fingerprint density at radius 2 is 1.48 bits per heavy atom. The third-order valence-corrected chi connectivity index (χ3v) is 4.20. The van der Waals surface area contributed by atoms with E-state index in [4.69, 9.17) is 14.6 Å². The molecule has 0 aromatic carbocycles. The molecule has 0 saturated carbocycles. The normalized spacial score (nSPS) is 21.6. The lowest BCUT2D eigenvalue weighted by Crippen LogP contribution is -2.50. The molecule has 120 valence electrons. The Kier molecular flexibility index (Phi) is 5.81. The van der Waals surface area contributed by atoms with Crippen molar-refractivity contribution in [1.29, 1.82) is 0 Å². The van der Waals surface area contributed by atoms with Crippen LogP contribution in [0.3, 0.4) is 0 Å². The zero-order valence-electron chi connectivity index (χ0n) is 12.5. The van der Waals surface area contributed by atoms with Crippen LogP contribution in [0.2, 0.25) is 0 Å². The topological polar surface area (TPSA) is 79.3 Å². The van der Waals surface area contributed by atoms with Crippen molar-refractivity contribution in [3.63, 3.8) is 0 Å². The lowest BCUT2D eigenvalue weighted by atomic mass is 10.1. The van der Waals surface area contributed by atoms with E-state index in [0.29, 0.717) is 25.9 Å². The Morgan fingerprint density at radius 1 is 1.00 bits per heavy atom. The van der Waals surface area contributed by atoms with Crippen LogP contribution in [0.5, 0.6) is 0 Å². The number of hydrogen-bond donors (Lipinski definition) is 1. The standard InChI is InChI=1S/C14H24N2O5/c1-20-11-2-6-15(7-3-11)14(19)16-8-4-12(5-9-16)21-10-13(17)18/h11-12H,2-10H2,1H3,(H,17,18). The lowest BCUT2D eigenvalue weighted by molar-refractivity contribution is -0.145. The van der Waals surface area contributed by atoms with Gasteiger partial charge in [-0.05, 0) is 25.7 Å². The van der Waals surface area contributed by atoms with Gasteiger partial charge in [0.25, 0.3) is 0 Å². The zero-order valence-corrected chi connectivity index (χ0v) is 12.5. The number of rotatable bonds is 4. The average molecular weight is 300 g/mol. The molecule has 2 fully saturated rings. The van der Waals surface area contributed by atoms with Gasteiger partial charge in [-0.1, -0.05) is 0 Å². The van der Waals surface area contributed by atoms with Gasteiger partial charge in [-0.25, -0.2) is 9.59 Å². The van der Waals surface area contributed by atoms with Gasteiger partial charge in [-0.2, -0.15) is 0 Å². The van der Waals surface area contributed by atoms with Crippen LogP contribution in [0.1, 0.15) is 25.7 Å². The van der Waals surface area contributed by atoms with Crippen molar-refractivity contribution < 1.29 is 24.2 Å². The Balaban J connectivity index is 1.72. The van der Waals surface area contributed by atoms with Crippen LogP contribution in [-0.4, -0.2) is 79.0 Å². The van der Waals surface area contributed by atoms with Gasteiger partial charge in [0.1, 0.15) is 6.61 Å². The van der Waals surface area contributed by atoms with Crippen LogP contribution in [0.4, 0.5) is 4.79 Å². The van der Waals surface area contributed by atoms with Gasteiger partial charge in [0.2, 0.25) is 0 Å². The Bertz CT molecular complexity index is 360. The van der Waals surface area contributed by atoms with E-state index >= 15 is 0 Å². The summed E-state index contributed by atoms with van der Waals surface area (Å²) in [7, 11) is 1.71. The Morgan fingerprint density at radius 3 is 1.90 bits per heavy atom. The highest BCUT2D eigenvalue weighted by Crippen LogP contribution is 2.18. The fraction of sp³-hybridized carbons (Fsp3) is 0.857. The van der Waals surface area contributed by atoms with Crippen molar-refractivity contribution in [2.75, 3.05) is 39.9 Å². The van der Waals surface area contributed by atoms with E-state index in [1.54, 1.807) is 7.11 Å². The van der Waals surface area contributed by atoms with E-state index in [9.17, 15) is 9.59 Å². The third kappa shape index (κ3) is 4.57. The van der Waals surface area contributed by atoms with E-state index in [1.165, 1.54) is 0 Å². The largest absolute Gasteiger partial charge is 0.480 e. The maximum absolute atomic E-state index is 12.4. The minimum Gasteiger partial charge on any atom is -0.480 e. The number of hydrogen-bond acceptors (Lipinski definition) is 4. The van der Waals surface area contributed by atoms with Crippen molar-refractivity contribution in [1.82, 2.24) is 9.80 Å². The summed E-state index contributed by atoms with van der Waals surface area (Å²) in [6, 6.07) is 0.0845. The maximum atomic E-state index is 12.4. The highest BCUT2D eigenvalue weighted by atomic mass is 16.5. The molecular weight excluding hydrogens is 276 g/mol. The van der Waals surface area contributed by atoms with E-state index in [0.717, 1.165) is 25.9 Å². The number of carbonyl (C=O) groups excluding carboxylic acids is 1. The van der Waals surface area contributed by atoms with Gasteiger partial charge in [-0.15, -0.1) is 0 Å². The quantitative estimate of drug-likeness (QED) is 0.830. The molecule has 2 rings (SSSR count). The molecule has 21 heavy (non-hydrogen) atoms. The minimum atomic E-state index is -0.950. The number of nitrogens with zero attached hydrogens (tertiary/aromatic N) is 2. The number of carboxylic acids is 1. The lowest BCUT2D eigenvalue weighted by Gasteiger charge is -2.38. The molecule has 7 nitrogen and oxygen atoms in total. The van der Waals surface area contributed by atoms with Crippen LogP contribution in [0.25, 0.3) is 0 Å². The average Bonchev–Trinajstić information content (AvgIpc) is 2.53. The van der Waals surface area contributed by atoms with Gasteiger partial charge in [0, 0.05) is 33.3 Å². The summed E-state index contributed by atoms with van der Waals surface area (Å²) in [6.07, 6.45) is 3.40. The SMILES string of the molecule is COC1CCN(C(=O)N2CCC(OCC(=O)O)CC2)CC1. The van der Waals surface area contributed by atoms with Crippen LogP contribution in [-0.2, 0) is 14.3 Å². The van der Waals surface area contributed by atoms with Crippen molar-refractivity contribution in [2.45, 2.75) is 37.9 Å². The maximum Gasteiger partial charge on any atom is 0.329 e. The second-order valence-electron chi connectivity index (χ2n) is 5.60. The van der Waals surface area contributed by atoms with Crippen molar-refractivity contribution in [3.05, 3.63) is 0 Å². The second kappa shape index (κ2) is 7.61. The fourth-order valence-corrected chi connectivity index (χ4v) is 2.89. The van der Waals surface area contributed by atoms with Crippen LogP contribution < -0.4 is 0 Å². The van der Waals surface area contributed by atoms with Gasteiger partial charge in [0.05, 0.1) is 12.2 Å². The fourth-order valence-electron chi connectivity index (χ4n) is 2.89. The first-order valence-corrected chi connectivity index (χ1v) is 7.50. The summed E-state index contributed by atoms with van der Waals surface area (Å²) < 4.78 is 10.6. The predicted octanol–water partition coefficient (Wildman–Crippen LogP) is 0.783. The number of methoxy groups -OCH3 is 1. The predicted molar refractivity (Wildman–Crippen MR) is 75.2 cm³/mol. The Labute approximate surface area is 124 Å². The third-order valence-electron chi connectivity index (χ3n) is 4.20. The van der Waals surface area contributed by atoms with Crippen molar-refractivity contribution >= 4 is 12.0 Å². The molecule has 0 aromatic heterocycles. The molecule has 0 radical (unpaired) electrons. The molecule has 2 aliphatic heterocycles. The number of amides is 2. The number of carbonyl (C=O) groups is 2. The Hall–Kier alpha value is -1.34. The number of piperidine rings is 2. The molecule has 2 aliphatic rings. The molecule has 2 heterocycles. The molecule has 0 spiro atoms. The van der Waals surface area contributed by atoms with Crippen molar-refractivity contribution in [2.24, 2.45) is 0 Å². The molecule has 0 bridgehead atoms. The monoisotopic (exact) mass is 300 g/mol. The highest BCUT2D eigenvalue weighted by Gasteiger charge is 2.29. The first kappa shape index (κ1) is 16.0. The molecule has 2 saturated heterocycles. The molecule has 0 atom stereocenters. The molecule has 7 heteroatoms. The summed E-state index contributed by atoms with van der Waals surface area (Å²) in [5.41, 5.74) is 0. The van der Waals surface area contributed by atoms with Gasteiger partial charge in [-0.3, -0.25) is 0 Å². The number of ether oxygens (including phenoxy) is 2. The number of carboxylic acid groups (broad SMARTS) is 1. The van der Waals surface area contributed by atoms with Crippen molar-refractivity contribution in [3.8, 4) is 0 Å². The molecular formula is C14H24N2O5. The van der Waals surface area contributed by atoms with Crippen LogP contribution >= 0.6 is 0 Å². The smallest absolute Gasteiger partial charge is 0.329 e. The van der Waals surface area contributed by atoms with Crippen LogP contribution in [0.15, 0.2) is 0 Å². The summed E-state index contributed by atoms with van der Waals surface area (Å²) in [5, 5.41) is 8.59. The van der Waals surface area contributed by atoms with E-state index in [1.807, 2.05) is 9.80 Å². The van der Waals surface area contributed by atoms with E-state index in [2.05, 4.69) is 0 Å². The minimum absolute atomic E-state index is 0.0515. The molecule has 0 aliphatic carbocycles. The van der Waals surface area contributed by atoms with Gasteiger partial charge >= 0.3 is 12.0 Å². The molecule has 0 unspecified atom stereocenters. The highest BCUT2D eigenvalue weighted by molar-refractivity contribution is 5.74. The number of aliphatic carboxylic acids is 1. The van der Waals surface area contributed by atoms with Crippen LogP contribution in [0, 0.1) is 0 Å². The van der Waals surface area contributed by atoms with E-state index in [-0.39, 0.29) is 24.8 Å². The van der Waals surface area contributed by atoms with Gasteiger partial charge < -0.3 is 24.4 Å². The summed E-state index contributed by atoms with van der Waals surface area (Å²) in [6.45, 7) is 2.49. The number of likely N-dealkylation sites (tertiary alicyclic amines) is 2. The molecule has 0 aromatic rings. The number of urea groups is 1. The molecule has 1 N–H and O–H groups in total. The first-order valence-electron chi connectivity index (χ1n) is 7.50. The summed E-state index contributed by atoms with van der Waals surface area (Å²) >= 11 is 0. The second-order valence-corrected chi connectivity index (χ2v) is 5.60. The molecule has 2 amide bonds. The van der Waals surface area contributed by atoms with Gasteiger partial charge in [0.15, 0.2) is 0 Å². The summed E-state index contributed by atoms with van der Waals surface area (Å²) in [4.78, 5) is 26.6. The first-order chi connectivity index (χ1) is 10.1. The van der Waals surface area contributed by atoms with E-state index < -0.39 is 5.97 Å².